The van der Waals surface area contributed by atoms with E-state index >= 15 is 0 Å². The second-order valence-corrected chi connectivity index (χ2v) is 19.0. The number of para-hydroxylation sites is 1. The third kappa shape index (κ3) is 7.50. The average Bonchev–Trinajstić information content (AvgIpc) is 3.74. The summed E-state index contributed by atoms with van der Waals surface area (Å²) in [5.74, 6) is 0.687. The minimum Gasteiger partial charge on any atom is -0.310 e. The van der Waals surface area contributed by atoms with E-state index in [4.69, 9.17) is 0 Å². The van der Waals surface area contributed by atoms with Crippen LogP contribution in [-0.4, -0.2) is 0 Å². The first-order chi connectivity index (χ1) is 34.2. The van der Waals surface area contributed by atoms with Crippen molar-refractivity contribution in [1.82, 2.24) is 0 Å². The van der Waals surface area contributed by atoms with E-state index in [0.717, 1.165) is 22.6 Å². The van der Waals surface area contributed by atoms with Gasteiger partial charge >= 0.3 is 0 Å². The van der Waals surface area contributed by atoms with Gasteiger partial charge < -0.3 is 4.90 Å². The van der Waals surface area contributed by atoms with Gasteiger partial charge in [0.2, 0.25) is 0 Å². The van der Waals surface area contributed by atoms with E-state index in [1.54, 1.807) is 0 Å². The molecule has 10 aromatic carbocycles. The lowest BCUT2D eigenvalue weighted by Gasteiger charge is -2.35. The second-order valence-electron chi connectivity index (χ2n) is 19.0. The van der Waals surface area contributed by atoms with E-state index in [2.05, 4.69) is 261 Å². The SMILES string of the molecule is Cc1cccc2c1-c1ccc(N(c3ccc(-c4ccc(C5CCCCC5)cc4)cc3)c3ccccc3-c3ccccc3-c3ccccc3-c3ccccc3)cc1C2(c1ccccc1)c1ccccc1. The molecule has 0 aromatic heterocycles. The number of rotatable bonds is 10. The molecular weight excluding hydrogens is 831 g/mol. The molecular formula is C68H55N. The van der Waals surface area contributed by atoms with Crippen molar-refractivity contribution in [2.45, 2.75) is 50.4 Å². The Labute approximate surface area is 408 Å². The van der Waals surface area contributed by atoms with E-state index in [9.17, 15) is 0 Å². The molecule has 0 atom stereocenters. The molecule has 0 unspecified atom stereocenters. The predicted molar refractivity (Wildman–Crippen MR) is 291 cm³/mol. The molecule has 12 rings (SSSR count). The molecule has 332 valence electrons. The molecule has 2 aliphatic rings. The number of anilines is 3. The third-order valence-corrected chi connectivity index (χ3v) is 15.1. The zero-order chi connectivity index (χ0) is 46.2. The maximum atomic E-state index is 2.50. The average molecular weight is 886 g/mol. The summed E-state index contributed by atoms with van der Waals surface area (Å²) in [4.78, 5) is 2.50. The maximum absolute atomic E-state index is 2.50. The van der Waals surface area contributed by atoms with E-state index in [1.165, 1.54) is 116 Å². The van der Waals surface area contributed by atoms with Crippen molar-refractivity contribution >= 4 is 17.1 Å². The van der Waals surface area contributed by atoms with Crippen LogP contribution in [0, 0.1) is 6.92 Å². The molecule has 0 amide bonds. The Bertz CT molecular complexity index is 3360. The third-order valence-electron chi connectivity index (χ3n) is 15.1. The summed E-state index contributed by atoms with van der Waals surface area (Å²) in [6.45, 7) is 2.27. The first-order valence-electron chi connectivity index (χ1n) is 24.9. The van der Waals surface area contributed by atoms with Gasteiger partial charge in [0.25, 0.3) is 0 Å². The number of aryl methyl sites for hydroxylation is 1. The molecule has 1 saturated carbocycles. The van der Waals surface area contributed by atoms with Gasteiger partial charge in [-0.2, -0.15) is 0 Å². The van der Waals surface area contributed by atoms with Crippen molar-refractivity contribution in [2.75, 3.05) is 4.90 Å². The Morgan fingerprint density at radius 3 is 1.51 bits per heavy atom. The van der Waals surface area contributed by atoms with Crippen molar-refractivity contribution in [3.63, 3.8) is 0 Å². The standard InChI is InChI=1S/C68H55N/c1-48-21-20-35-64-67(48)63-46-45-57(47-65(63)68(64,54-26-10-4-11-27-54)55-28-12-5-13-29-55)69(56-43-41-52(42-44-56)51-39-37-50(38-40-51)49-22-6-2-7-23-49)66-36-19-18-34-62(66)61-33-17-16-32-60(61)59-31-15-14-30-58(59)53-24-8-3-9-25-53/h3-5,8-21,24-47,49H,2,6-7,22-23H2,1H3. The molecule has 1 nitrogen and oxygen atoms in total. The Kier molecular flexibility index (Phi) is 11.2. The largest absolute Gasteiger partial charge is 0.310 e. The van der Waals surface area contributed by atoms with Gasteiger partial charge in [-0.15, -0.1) is 0 Å². The van der Waals surface area contributed by atoms with Gasteiger partial charge in [-0.1, -0.05) is 238 Å². The van der Waals surface area contributed by atoms with E-state index in [1.807, 2.05) is 0 Å². The number of benzene rings is 10. The Balaban J connectivity index is 1.06. The lowest BCUT2D eigenvalue weighted by atomic mass is 9.67. The van der Waals surface area contributed by atoms with Gasteiger partial charge in [-0.05, 0) is 139 Å². The van der Waals surface area contributed by atoms with Crippen LogP contribution in [0.4, 0.5) is 17.1 Å². The number of fused-ring (bicyclic) bond motifs is 3. The van der Waals surface area contributed by atoms with Crippen LogP contribution in [0.2, 0.25) is 0 Å². The fourth-order valence-corrected chi connectivity index (χ4v) is 11.9. The molecule has 0 heterocycles. The van der Waals surface area contributed by atoms with Crippen LogP contribution in [0.25, 0.3) is 55.6 Å². The van der Waals surface area contributed by atoms with Crippen molar-refractivity contribution in [3.8, 4) is 55.6 Å². The highest BCUT2D eigenvalue weighted by molar-refractivity contribution is 5.98. The van der Waals surface area contributed by atoms with Crippen LogP contribution in [0.3, 0.4) is 0 Å². The Morgan fingerprint density at radius 2 is 0.870 bits per heavy atom. The normalized spacial score (nSPS) is 13.9. The molecule has 2 aliphatic carbocycles. The first kappa shape index (κ1) is 42.4. The molecule has 1 fully saturated rings. The molecule has 0 saturated heterocycles. The summed E-state index contributed by atoms with van der Waals surface area (Å²) in [6.07, 6.45) is 6.67. The summed E-state index contributed by atoms with van der Waals surface area (Å²) < 4.78 is 0. The van der Waals surface area contributed by atoms with E-state index in [-0.39, 0.29) is 0 Å². The second kappa shape index (κ2) is 18.2. The van der Waals surface area contributed by atoms with Crippen molar-refractivity contribution in [1.29, 1.82) is 0 Å². The molecule has 0 N–H and O–H groups in total. The van der Waals surface area contributed by atoms with Crippen molar-refractivity contribution < 1.29 is 0 Å². The van der Waals surface area contributed by atoms with Crippen LogP contribution in [0.15, 0.2) is 249 Å². The van der Waals surface area contributed by atoms with Crippen LogP contribution >= 0.6 is 0 Å². The summed E-state index contributed by atoms with van der Waals surface area (Å²) in [5, 5.41) is 0. The van der Waals surface area contributed by atoms with Crippen LogP contribution in [0.1, 0.15) is 71.4 Å². The molecule has 0 spiro atoms. The molecule has 0 aliphatic heterocycles. The zero-order valence-electron chi connectivity index (χ0n) is 39.2. The van der Waals surface area contributed by atoms with Gasteiger partial charge in [0.05, 0.1) is 11.1 Å². The smallest absolute Gasteiger partial charge is 0.0714 e. The lowest BCUT2D eigenvalue weighted by molar-refractivity contribution is 0.443. The predicted octanol–water partition coefficient (Wildman–Crippen LogP) is 18.5. The number of hydrogen-bond donors (Lipinski definition) is 0. The lowest BCUT2D eigenvalue weighted by Crippen LogP contribution is -2.28. The Morgan fingerprint density at radius 1 is 0.362 bits per heavy atom. The molecule has 0 bridgehead atoms. The summed E-state index contributed by atoms with van der Waals surface area (Å²) in [7, 11) is 0. The van der Waals surface area contributed by atoms with E-state index in [0.29, 0.717) is 5.92 Å². The molecule has 69 heavy (non-hydrogen) atoms. The fourth-order valence-electron chi connectivity index (χ4n) is 11.9. The van der Waals surface area contributed by atoms with Crippen molar-refractivity contribution in [2.24, 2.45) is 0 Å². The minimum absolute atomic E-state index is 0.540. The highest BCUT2D eigenvalue weighted by Crippen LogP contribution is 2.58. The molecule has 1 heteroatoms. The molecule has 10 aromatic rings. The number of hydrogen-bond acceptors (Lipinski definition) is 1. The monoisotopic (exact) mass is 885 g/mol. The summed E-state index contributed by atoms with van der Waals surface area (Å²) in [6, 6.07) is 92.7. The topological polar surface area (TPSA) is 3.24 Å². The highest BCUT2D eigenvalue weighted by atomic mass is 15.1. The van der Waals surface area contributed by atoms with E-state index < -0.39 is 5.41 Å². The van der Waals surface area contributed by atoms with Gasteiger partial charge in [0.1, 0.15) is 0 Å². The zero-order valence-corrected chi connectivity index (χ0v) is 39.2. The van der Waals surface area contributed by atoms with Gasteiger partial charge in [-0.3, -0.25) is 0 Å². The quantitative estimate of drug-likeness (QED) is 0.132. The van der Waals surface area contributed by atoms with Gasteiger partial charge in [0.15, 0.2) is 0 Å². The minimum atomic E-state index is -0.540. The first-order valence-corrected chi connectivity index (χ1v) is 24.9. The summed E-state index contributed by atoms with van der Waals surface area (Å²) >= 11 is 0. The maximum Gasteiger partial charge on any atom is 0.0714 e. The van der Waals surface area contributed by atoms with Crippen LogP contribution in [0.5, 0.6) is 0 Å². The summed E-state index contributed by atoms with van der Waals surface area (Å²) in [5.41, 5.74) is 22.9. The van der Waals surface area contributed by atoms with Crippen LogP contribution in [-0.2, 0) is 5.41 Å². The Hall–Kier alpha value is -8.00. The van der Waals surface area contributed by atoms with Gasteiger partial charge in [-0.25, -0.2) is 0 Å². The van der Waals surface area contributed by atoms with Crippen LogP contribution < -0.4 is 4.90 Å². The fraction of sp³-hybridized carbons (Fsp3) is 0.118. The molecule has 0 radical (unpaired) electrons. The highest BCUT2D eigenvalue weighted by Gasteiger charge is 2.47. The number of nitrogens with zero attached hydrogens (tertiary/aromatic N) is 1. The van der Waals surface area contributed by atoms with Crippen molar-refractivity contribution in [3.05, 3.63) is 282 Å². The van der Waals surface area contributed by atoms with Gasteiger partial charge in [0, 0.05) is 16.9 Å².